The van der Waals surface area contributed by atoms with E-state index in [9.17, 15) is 13.2 Å². The van der Waals surface area contributed by atoms with Gasteiger partial charge in [0.1, 0.15) is 0 Å². The van der Waals surface area contributed by atoms with Gasteiger partial charge in [-0.2, -0.15) is 4.31 Å². The molecule has 1 aliphatic heterocycles. The molecule has 2 N–H and O–H groups in total. The SMILES string of the molecule is O=C(O)NC(CCc1cncc(Cl)c1)CS(=O)(=O)N1CCN(c2ccc(Cl)cc2)CC1. The molecule has 168 valence electrons. The Morgan fingerprint density at radius 3 is 2.39 bits per heavy atom. The lowest BCUT2D eigenvalue weighted by Gasteiger charge is -2.36. The molecule has 31 heavy (non-hydrogen) atoms. The van der Waals surface area contributed by atoms with Gasteiger partial charge >= 0.3 is 6.09 Å². The fraction of sp³-hybridized carbons (Fsp3) is 0.400. The fourth-order valence-electron chi connectivity index (χ4n) is 3.54. The van der Waals surface area contributed by atoms with E-state index in [2.05, 4.69) is 15.2 Å². The zero-order chi connectivity index (χ0) is 22.4. The lowest BCUT2D eigenvalue weighted by Crippen LogP contribution is -2.51. The van der Waals surface area contributed by atoms with E-state index in [4.69, 9.17) is 28.3 Å². The average molecular weight is 487 g/mol. The number of carboxylic acid groups (broad SMARTS) is 1. The number of anilines is 1. The first-order valence-electron chi connectivity index (χ1n) is 9.80. The molecule has 8 nitrogen and oxygen atoms in total. The van der Waals surface area contributed by atoms with E-state index >= 15 is 0 Å². The quantitative estimate of drug-likeness (QED) is 0.593. The van der Waals surface area contributed by atoms with Gasteiger partial charge in [0.2, 0.25) is 10.0 Å². The lowest BCUT2D eigenvalue weighted by atomic mass is 10.1. The second-order valence-corrected chi connectivity index (χ2v) is 10.2. The van der Waals surface area contributed by atoms with Gasteiger partial charge in [-0.25, -0.2) is 13.2 Å². The summed E-state index contributed by atoms with van der Waals surface area (Å²) in [5.41, 5.74) is 1.81. The summed E-state index contributed by atoms with van der Waals surface area (Å²) in [4.78, 5) is 17.3. The highest BCUT2D eigenvalue weighted by Crippen LogP contribution is 2.21. The van der Waals surface area contributed by atoms with E-state index in [1.165, 1.54) is 10.5 Å². The number of amides is 1. The Hall–Kier alpha value is -2.07. The van der Waals surface area contributed by atoms with E-state index < -0.39 is 22.2 Å². The lowest BCUT2D eigenvalue weighted by molar-refractivity contribution is 0.190. The first kappa shape index (κ1) is 23.6. The number of piperazine rings is 1. The van der Waals surface area contributed by atoms with Gasteiger partial charge in [-0.05, 0) is 48.7 Å². The summed E-state index contributed by atoms with van der Waals surface area (Å²) >= 11 is 11.9. The molecule has 2 aromatic rings. The molecule has 1 aromatic heterocycles. The van der Waals surface area contributed by atoms with Gasteiger partial charge in [-0.3, -0.25) is 4.98 Å². The molecule has 3 rings (SSSR count). The Kier molecular flexibility index (Phi) is 7.99. The van der Waals surface area contributed by atoms with Crippen LogP contribution in [0.5, 0.6) is 0 Å². The van der Waals surface area contributed by atoms with E-state index in [1.807, 2.05) is 12.1 Å². The van der Waals surface area contributed by atoms with E-state index in [0.717, 1.165) is 11.3 Å². The van der Waals surface area contributed by atoms with E-state index in [1.54, 1.807) is 24.4 Å². The van der Waals surface area contributed by atoms with Crippen LogP contribution in [0.15, 0.2) is 42.7 Å². The van der Waals surface area contributed by atoms with Gasteiger partial charge in [-0.1, -0.05) is 23.2 Å². The summed E-state index contributed by atoms with van der Waals surface area (Å²) in [5.74, 6) is -0.297. The highest BCUT2D eigenvalue weighted by molar-refractivity contribution is 7.89. The zero-order valence-corrected chi connectivity index (χ0v) is 19.1. The molecule has 1 amide bonds. The molecule has 1 aliphatic rings. The number of halogens is 2. The van der Waals surface area contributed by atoms with Crippen molar-refractivity contribution in [3.05, 3.63) is 58.3 Å². The molecular weight excluding hydrogens is 463 g/mol. The number of nitrogens with zero attached hydrogens (tertiary/aromatic N) is 3. The number of sulfonamides is 1. The van der Waals surface area contributed by atoms with Gasteiger partial charge in [0.05, 0.1) is 10.8 Å². The van der Waals surface area contributed by atoms with E-state index in [-0.39, 0.29) is 5.75 Å². The van der Waals surface area contributed by atoms with Crippen LogP contribution < -0.4 is 10.2 Å². The summed E-state index contributed by atoms with van der Waals surface area (Å²) < 4.78 is 27.3. The Morgan fingerprint density at radius 1 is 1.10 bits per heavy atom. The number of benzene rings is 1. The molecule has 0 saturated carbocycles. The van der Waals surface area contributed by atoms with Crippen molar-refractivity contribution in [2.45, 2.75) is 18.9 Å². The van der Waals surface area contributed by atoms with Crippen LogP contribution in [0.4, 0.5) is 10.5 Å². The number of rotatable bonds is 8. The topological polar surface area (TPSA) is 103 Å². The Balaban J connectivity index is 1.59. The Labute approximate surface area is 191 Å². The second-order valence-electron chi connectivity index (χ2n) is 7.34. The van der Waals surface area contributed by atoms with Crippen molar-refractivity contribution >= 4 is 45.0 Å². The van der Waals surface area contributed by atoms with Crippen molar-refractivity contribution in [3.63, 3.8) is 0 Å². The van der Waals surface area contributed by atoms with Crippen molar-refractivity contribution in [3.8, 4) is 0 Å². The minimum Gasteiger partial charge on any atom is -0.465 e. The minimum absolute atomic E-state index is 0.297. The van der Waals surface area contributed by atoms with Crippen LogP contribution in [-0.2, 0) is 16.4 Å². The third kappa shape index (κ3) is 6.96. The van der Waals surface area contributed by atoms with Crippen LogP contribution in [-0.4, -0.2) is 66.9 Å². The Bertz CT molecular complexity index is 996. The minimum atomic E-state index is -3.64. The largest absolute Gasteiger partial charge is 0.465 e. The van der Waals surface area contributed by atoms with Crippen molar-refractivity contribution in [1.82, 2.24) is 14.6 Å². The van der Waals surface area contributed by atoms with Gasteiger partial charge in [0, 0.05) is 55.3 Å². The summed E-state index contributed by atoms with van der Waals surface area (Å²) in [6.07, 6.45) is 2.66. The summed E-state index contributed by atoms with van der Waals surface area (Å²) in [5, 5.41) is 12.6. The van der Waals surface area contributed by atoms with Crippen molar-refractivity contribution < 1.29 is 18.3 Å². The van der Waals surface area contributed by atoms with Crippen molar-refractivity contribution in [2.75, 3.05) is 36.8 Å². The molecule has 11 heteroatoms. The van der Waals surface area contributed by atoms with Crippen LogP contribution in [0.25, 0.3) is 0 Å². The van der Waals surface area contributed by atoms with Crippen LogP contribution in [0.2, 0.25) is 10.0 Å². The predicted molar refractivity (Wildman–Crippen MR) is 122 cm³/mol. The molecule has 1 saturated heterocycles. The van der Waals surface area contributed by atoms with Crippen LogP contribution in [0.3, 0.4) is 0 Å². The van der Waals surface area contributed by atoms with Gasteiger partial charge in [-0.15, -0.1) is 0 Å². The molecule has 0 spiro atoms. The summed E-state index contributed by atoms with van der Waals surface area (Å²) in [6.45, 7) is 1.77. The molecule has 1 unspecified atom stereocenters. The number of pyridine rings is 1. The first-order valence-corrected chi connectivity index (χ1v) is 12.2. The molecule has 1 atom stereocenters. The highest BCUT2D eigenvalue weighted by atomic mass is 35.5. The van der Waals surface area contributed by atoms with Gasteiger partial charge < -0.3 is 15.3 Å². The predicted octanol–water partition coefficient (Wildman–Crippen LogP) is 3.11. The molecule has 0 radical (unpaired) electrons. The molecule has 1 fully saturated rings. The number of hydrogen-bond donors (Lipinski definition) is 2. The number of aryl methyl sites for hydroxylation is 1. The normalized spacial score (nSPS) is 16.1. The number of aromatic nitrogens is 1. The zero-order valence-electron chi connectivity index (χ0n) is 16.7. The smallest absolute Gasteiger partial charge is 0.404 e. The summed E-state index contributed by atoms with van der Waals surface area (Å²) in [6, 6.07) is 8.41. The molecular formula is C20H24Cl2N4O4S. The molecule has 2 heterocycles. The van der Waals surface area contributed by atoms with Crippen molar-refractivity contribution in [1.29, 1.82) is 0 Å². The Morgan fingerprint density at radius 2 is 1.77 bits per heavy atom. The standard InChI is InChI=1S/C20H24Cl2N4O4S/c21-16-2-5-19(6-3-16)25-7-9-26(10-8-25)31(29,30)14-18(24-20(27)28)4-1-15-11-17(22)13-23-12-15/h2-3,5-6,11-13,18,24H,1,4,7-10,14H2,(H,27,28). The average Bonchev–Trinajstić information content (AvgIpc) is 2.72. The second kappa shape index (κ2) is 10.5. The number of nitrogens with one attached hydrogen (secondary N) is 1. The number of carbonyl (C=O) groups is 1. The van der Waals surface area contributed by atoms with Crippen LogP contribution >= 0.6 is 23.2 Å². The van der Waals surface area contributed by atoms with Gasteiger partial charge in [0.15, 0.2) is 0 Å². The summed E-state index contributed by atoms with van der Waals surface area (Å²) in [7, 11) is -3.64. The molecule has 0 aliphatic carbocycles. The van der Waals surface area contributed by atoms with Crippen LogP contribution in [0.1, 0.15) is 12.0 Å². The number of hydrogen-bond acceptors (Lipinski definition) is 5. The maximum Gasteiger partial charge on any atom is 0.404 e. The van der Waals surface area contributed by atoms with Crippen molar-refractivity contribution in [2.24, 2.45) is 0 Å². The fourth-order valence-corrected chi connectivity index (χ4v) is 5.55. The molecule has 0 bridgehead atoms. The first-order chi connectivity index (χ1) is 14.7. The monoisotopic (exact) mass is 486 g/mol. The van der Waals surface area contributed by atoms with E-state index in [0.29, 0.717) is 49.1 Å². The maximum atomic E-state index is 13.0. The third-order valence-corrected chi connectivity index (χ3v) is 7.54. The van der Waals surface area contributed by atoms with Gasteiger partial charge in [0.25, 0.3) is 0 Å². The molecule has 1 aromatic carbocycles. The maximum absolute atomic E-state index is 13.0. The third-order valence-electron chi connectivity index (χ3n) is 5.11. The van der Waals surface area contributed by atoms with Crippen LogP contribution in [0, 0.1) is 0 Å². The highest BCUT2D eigenvalue weighted by Gasteiger charge is 2.30.